The van der Waals surface area contributed by atoms with Crippen molar-refractivity contribution in [2.24, 2.45) is 5.73 Å². The normalized spacial score (nSPS) is 11.5. The van der Waals surface area contributed by atoms with Crippen molar-refractivity contribution in [1.82, 2.24) is 10.6 Å². The van der Waals surface area contributed by atoms with Gasteiger partial charge in [-0.15, -0.1) is 0 Å². The Morgan fingerprint density at radius 2 is 1.57 bits per heavy atom. The fourth-order valence-electron chi connectivity index (χ4n) is 2.34. The molecule has 2 aromatic carbocycles. The predicted octanol–water partition coefficient (Wildman–Crippen LogP) is 1.44. The van der Waals surface area contributed by atoms with E-state index in [1.54, 1.807) is 0 Å². The number of rotatable bonds is 7. The lowest BCUT2D eigenvalue weighted by Crippen LogP contribution is -2.50. The van der Waals surface area contributed by atoms with Gasteiger partial charge in [-0.25, -0.2) is 0 Å². The van der Waals surface area contributed by atoms with Crippen LogP contribution in [0.1, 0.15) is 11.1 Å². The van der Waals surface area contributed by atoms with Crippen molar-refractivity contribution in [3.8, 4) is 0 Å². The molecule has 5 nitrogen and oxygen atoms in total. The fourth-order valence-corrected chi connectivity index (χ4v) is 2.34. The molecule has 1 atom stereocenters. The van der Waals surface area contributed by atoms with Gasteiger partial charge in [-0.05, 0) is 17.5 Å². The third kappa shape index (κ3) is 5.82. The number of guanidine groups is 1. The molecule has 5 heteroatoms. The van der Waals surface area contributed by atoms with Crippen LogP contribution in [0.4, 0.5) is 0 Å². The Morgan fingerprint density at radius 3 is 2.13 bits per heavy atom. The maximum Gasteiger partial charge on any atom is 0.242 e. The molecule has 0 aliphatic carbocycles. The van der Waals surface area contributed by atoms with E-state index in [0.717, 1.165) is 12.0 Å². The Bertz CT molecular complexity index is 628. The van der Waals surface area contributed by atoms with Crippen molar-refractivity contribution in [3.63, 3.8) is 0 Å². The molecule has 0 radical (unpaired) electrons. The van der Waals surface area contributed by atoms with Gasteiger partial charge in [0.1, 0.15) is 6.04 Å². The summed E-state index contributed by atoms with van der Waals surface area (Å²) in [4.78, 5) is 12.3. The van der Waals surface area contributed by atoms with Crippen LogP contribution in [-0.2, 0) is 17.6 Å². The van der Waals surface area contributed by atoms with Gasteiger partial charge in [-0.3, -0.25) is 10.2 Å². The minimum Gasteiger partial charge on any atom is -0.370 e. The Morgan fingerprint density at radius 1 is 1.00 bits per heavy atom. The minimum atomic E-state index is -0.550. The molecule has 1 amide bonds. The zero-order chi connectivity index (χ0) is 16.5. The van der Waals surface area contributed by atoms with E-state index in [1.807, 2.05) is 60.7 Å². The number of amides is 1. The Kier molecular flexibility index (Phi) is 6.17. The highest BCUT2D eigenvalue weighted by Crippen LogP contribution is 2.04. The number of benzene rings is 2. The second-order valence-corrected chi connectivity index (χ2v) is 5.33. The average molecular weight is 310 g/mol. The van der Waals surface area contributed by atoms with E-state index in [-0.39, 0.29) is 11.9 Å². The minimum absolute atomic E-state index is 0.153. The summed E-state index contributed by atoms with van der Waals surface area (Å²) in [6.07, 6.45) is 1.25. The molecule has 0 saturated heterocycles. The Hall–Kier alpha value is -2.82. The van der Waals surface area contributed by atoms with Crippen molar-refractivity contribution in [3.05, 3.63) is 71.8 Å². The summed E-state index contributed by atoms with van der Waals surface area (Å²) >= 11 is 0. The van der Waals surface area contributed by atoms with Gasteiger partial charge in [-0.1, -0.05) is 60.7 Å². The second-order valence-electron chi connectivity index (χ2n) is 5.33. The molecule has 0 saturated carbocycles. The van der Waals surface area contributed by atoms with Gasteiger partial charge in [-0.2, -0.15) is 0 Å². The van der Waals surface area contributed by atoms with Gasteiger partial charge in [0.05, 0.1) is 0 Å². The van der Waals surface area contributed by atoms with Crippen molar-refractivity contribution in [2.75, 3.05) is 6.54 Å². The van der Waals surface area contributed by atoms with E-state index in [0.29, 0.717) is 13.0 Å². The first-order chi connectivity index (χ1) is 11.1. The largest absolute Gasteiger partial charge is 0.370 e. The molecule has 5 N–H and O–H groups in total. The van der Waals surface area contributed by atoms with Crippen molar-refractivity contribution >= 4 is 11.9 Å². The number of hydrogen-bond donors (Lipinski definition) is 4. The van der Waals surface area contributed by atoms with Crippen LogP contribution in [0.5, 0.6) is 0 Å². The van der Waals surface area contributed by atoms with Crippen LogP contribution in [0.15, 0.2) is 60.7 Å². The van der Waals surface area contributed by atoms with Gasteiger partial charge in [0, 0.05) is 13.0 Å². The van der Waals surface area contributed by atoms with Crippen molar-refractivity contribution in [2.45, 2.75) is 18.9 Å². The van der Waals surface area contributed by atoms with Crippen LogP contribution >= 0.6 is 0 Å². The molecular weight excluding hydrogens is 288 g/mol. The summed E-state index contributed by atoms with van der Waals surface area (Å²) < 4.78 is 0. The van der Waals surface area contributed by atoms with Gasteiger partial charge >= 0.3 is 0 Å². The molecule has 0 aliphatic heterocycles. The van der Waals surface area contributed by atoms with Crippen LogP contribution in [0.2, 0.25) is 0 Å². The van der Waals surface area contributed by atoms with Crippen LogP contribution < -0.4 is 16.4 Å². The summed E-state index contributed by atoms with van der Waals surface area (Å²) in [5.41, 5.74) is 7.59. The van der Waals surface area contributed by atoms with E-state index >= 15 is 0 Å². The van der Waals surface area contributed by atoms with Gasteiger partial charge in [0.2, 0.25) is 5.91 Å². The number of hydrogen-bond acceptors (Lipinski definition) is 2. The van der Waals surface area contributed by atoms with E-state index in [1.165, 1.54) is 5.56 Å². The summed E-state index contributed by atoms with van der Waals surface area (Å²) in [5, 5.41) is 13.0. The highest BCUT2D eigenvalue weighted by molar-refractivity contribution is 5.87. The molecule has 0 unspecified atom stereocenters. The lowest BCUT2D eigenvalue weighted by atomic mass is 10.1. The highest BCUT2D eigenvalue weighted by Gasteiger charge is 2.18. The highest BCUT2D eigenvalue weighted by atomic mass is 16.2. The van der Waals surface area contributed by atoms with Gasteiger partial charge in [0.25, 0.3) is 0 Å². The van der Waals surface area contributed by atoms with Crippen LogP contribution in [0.25, 0.3) is 0 Å². The molecule has 0 spiro atoms. The molecule has 120 valence electrons. The third-order valence-corrected chi connectivity index (χ3v) is 3.48. The Labute approximate surface area is 136 Å². The quantitative estimate of drug-likeness (QED) is 0.461. The van der Waals surface area contributed by atoms with E-state index < -0.39 is 6.04 Å². The van der Waals surface area contributed by atoms with Gasteiger partial charge in [0.15, 0.2) is 5.96 Å². The third-order valence-electron chi connectivity index (χ3n) is 3.48. The number of carbonyl (C=O) groups is 1. The van der Waals surface area contributed by atoms with Crippen molar-refractivity contribution in [1.29, 1.82) is 5.41 Å². The molecule has 2 aromatic rings. The summed E-state index contributed by atoms with van der Waals surface area (Å²) in [6, 6.07) is 19.1. The van der Waals surface area contributed by atoms with Crippen LogP contribution in [0, 0.1) is 5.41 Å². The second kappa shape index (κ2) is 8.58. The first kappa shape index (κ1) is 16.5. The molecule has 0 fully saturated rings. The number of nitrogens with one attached hydrogen (secondary N) is 3. The molecule has 0 aromatic heterocycles. The standard InChI is InChI=1S/C18H22N4O/c19-18(20)22-16(13-15-9-5-2-6-10-15)17(23)21-12-11-14-7-3-1-4-8-14/h1-10,16H,11-13H2,(H,21,23)(H4,19,20,22)/t16-/m1/s1. The zero-order valence-electron chi connectivity index (χ0n) is 13.0. The molecule has 0 bridgehead atoms. The van der Waals surface area contributed by atoms with Crippen molar-refractivity contribution < 1.29 is 4.79 Å². The molecule has 0 aliphatic rings. The maximum absolute atomic E-state index is 12.3. The fraction of sp³-hybridized carbons (Fsp3) is 0.222. The van der Waals surface area contributed by atoms with E-state index in [9.17, 15) is 4.79 Å². The first-order valence-electron chi connectivity index (χ1n) is 7.61. The maximum atomic E-state index is 12.3. The van der Waals surface area contributed by atoms with Crippen LogP contribution in [-0.4, -0.2) is 24.5 Å². The number of carbonyl (C=O) groups excluding carboxylic acids is 1. The summed E-state index contributed by atoms with van der Waals surface area (Å²) in [6.45, 7) is 0.549. The molecule has 2 rings (SSSR count). The van der Waals surface area contributed by atoms with E-state index in [2.05, 4.69) is 10.6 Å². The lowest BCUT2D eigenvalue weighted by Gasteiger charge is -2.18. The molecular formula is C18H22N4O. The lowest BCUT2D eigenvalue weighted by molar-refractivity contribution is -0.122. The summed E-state index contributed by atoms with van der Waals surface area (Å²) in [7, 11) is 0. The molecule has 23 heavy (non-hydrogen) atoms. The monoisotopic (exact) mass is 310 g/mol. The van der Waals surface area contributed by atoms with Gasteiger partial charge < -0.3 is 16.4 Å². The number of nitrogens with two attached hydrogens (primary N) is 1. The Balaban J connectivity index is 1.89. The predicted molar refractivity (Wildman–Crippen MR) is 92.1 cm³/mol. The molecule has 0 heterocycles. The first-order valence-corrected chi connectivity index (χ1v) is 7.61. The topological polar surface area (TPSA) is 91.0 Å². The zero-order valence-corrected chi connectivity index (χ0v) is 13.0. The van der Waals surface area contributed by atoms with E-state index in [4.69, 9.17) is 11.1 Å². The SMILES string of the molecule is N=C(N)N[C@H](Cc1ccccc1)C(=O)NCCc1ccccc1. The van der Waals surface area contributed by atoms with Crippen LogP contribution in [0.3, 0.4) is 0 Å². The average Bonchev–Trinajstić information content (AvgIpc) is 2.56. The summed E-state index contributed by atoms with van der Waals surface area (Å²) in [5.74, 6) is -0.357. The smallest absolute Gasteiger partial charge is 0.242 e.